The number of nitrogens with zero attached hydrogens (tertiary/aromatic N) is 1. The van der Waals surface area contributed by atoms with Crippen LogP contribution in [0.1, 0.15) is 21.5 Å². The molecule has 0 aromatic heterocycles. The molecule has 0 aliphatic rings. The number of hydrazone groups is 1. The molecular formula is C24H21ClN2O6. The lowest BCUT2D eigenvalue weighted by Crippen LogP contribution is -2.24. The number of carbonyl (C=O) groups is 2. The van der Waals surface area contributed by atoms with Crippen LogP contribution in [0.25, 0.3) is 0 Å². The van der Waals surface area contributed by atoms with Gasteiger partial charge in [-0.25, -0.2) is 10.2 Å². The number of para-hydroxylation sites is 1. The lowest BCUT2D eigenvalue weighted by Gasteiger charge is -2.13. The first-order valence-corrected chi connectivity index (χ1v) is 10.2. The average Bonchev–Trinajstić information content (AvgIpc) is 2.83. The Hall–Kier alpha value is -4.04. The van der Waals surface area contributed by atoms with Gasteiger partial charge < -0.3 is 19.3 Å². The number of carboxylic acid groups (broad SMARTS) is 1. The van der Waals surface area contributed by atoms with Crippen molar-refractivity contribution in [3.8, 4) is 17.2 Å². The molecular weight excluding hydrogens is 448 g/mol. The van der Waals surface area contributed by atoms with Crippen LogP contribution < -0.4 is 19.6 Å². The number of nitrogens with one attached hydrogen (secondary N) is 1. The van der Waals surface area contributed by atoms with Crippen molar-refractivity contribution in [3.63, 3.8) is 0 Å². The second kappa shape index (κ2) is 11.5. The van der Waals surface area contributed by atoms with Crippen molar-refractivity contribution in [2.45, 2.75) is 6.61 Å². The van der Waals surface area contributed by atoms with Gasteiger partial charge in [0.15, 0.2) is 18.1 Å². The van der Waals surface area contributed by atoms with Gasteiger partial charge in [0.1, 0.15) is 12.4 Å². The number of rotatable bonds is 10. The molecule has 3 aromatic carbocycles. The van der Waals surface area contributed by atoms with E-state index in [1.165, 1.54) is 25.5 Å². The normalized spacial score (nSPS) is 10.6. The van der Waals surface area contributed by atoms with Gasteiger partial charge in [-0.15, -0.1) is 0 Å². The van der Waals surface area contributed by atoms with Gasteiger partial charge in [0.2, 0.25) is 0 Å². The Labute approximate surface area is 195 Å². The Kier molecular flexibility index (Phi) is 8.26. The quantitative estimate of drug-likeness (QED) is 0.342. The van der Waals surface area contributed by atoms with E-state index in [-0.39, 0.29) is 18.8 Å². The number of halogens is 1. The van der Waals surface area contributed by atoms with Gasteiger partial charge in [0.05, 0.1) is 18.9 Å². The van der Waals surface area contributed by atoms with Gasteiger partial charge in [0.25, 0.3) is 5.91 Å². The molecule has 0 radical (unpaired) electrons. The number of hydrogen-bond acceptors (Lipinski definition) is 6. The highest BCUT2D eigenvalue weighted by Gasteiger charge is 2.11. The van der Waals surface area contributed by atoms with Gasteiger partial charge >= 0.3 is 5.97 Å². The second-order valence-corrected chi connectivity index (χ2v) is 7.14. The number of ether oxygens (including phenoxy) is 3. The average molecular weight is 469 g/mol. The van der Waals surface area contributed by atoms with Crippen LogP contribution in [-0.2, 0) is 11.4 Å². The van der Waals surface area contributed by atoms with Crippen molar-refractivity contribution in [2.75, 3.05) is 13.7 Å². The van der Waals surface area contributed by atoms with Crippen molar-refractivity contribution < 1.29 is 28.9 Å². The smallest absolute Gasteiger partial charge is 0.335 e. The molecule has 2 N–H and O–H groups in total. The van der Waals surface area contributed by atoms with E-state index in [0.717, 1.165) is 5.56 Å². The fourth-order valence-corrected chi connectivity index (χ4v) is 2.86. The lowest BCUT2D eigenvalue weighted by molar-refractivity contribution is -0.123. The summed E-state index contributed by atoms with van der Waals surface area (Å²) in [7, 11) is 1.51. The zero-order valence-electron chi connectivity index (χ0n) is 17.7. The topological polar surface area (TPSA) is 106 Å². The highest BCUT2D eigenvalue weighted by molar-refractivity contribution is 6.30. The maximum absolute atomic E-state index is 12.0. The Morgan fingerprint density at radius 2 is 1.76 bits per heavy atom. The van der Waals surface area contributed by atoms with Crippen LogP contribution in [0.5, 0.6) is 17.2 Å². The van der Waals surface area contributed by atoms with E-state index in [4.69, 9.17) is 30.9 Å². The van der Waals surface area contributed by atoms with Crippen LogP contribution >= 0.6 is 11.6 Å². The number of aromatic carboxylic acids is 1. The van der Waals surface area contributed by atoms with E-state index >= 15 is 0 Å². The molecule has 1 amide bonds. The van der Waals surface area contributed by atoms with Gasteiger partial charge in [0, 0.05) is 10.6 Å². The largest absolute Gasteiger partial charge is 0.493 e. The maximum atomic E-state index is 12.0. The number of hydrogen-bond donors (Lipinski definition) is 2. The van der Waals surface area contributed by atoms with Crippen LogP contribution in [0.2, 0.25) is 5.02 Å². The molecule has 170 valence electrons. The monoisotopic (exact) mass is 468 g/mol. The third kappa shape index (κ3) is 6.98. The summed E-state index contributed by atoms with van der Waals surface area (Å²) in [6, 6.07) is 18.3. The number of amides is 1. The number of methoxy groups -OCH3 is 1. The van der Waals surface area contributed by atoms with Crippen LogP contribution in [-0.4, -0.2) is 36.9 Å². The summed E-state index contributed by atoms with van der Waals surface area (Å²) in [6.07, 6.45) is 1.44. The predicted molar refractivity (Wildman–Crippen MR) is 123 cm³/mol. The summed E-state index contributed by atoms with van der Waals surface area (Å²) < 4.78 is 16.6. The molecule has 0 atom stereocenters. The number of carbonyl (C=O) groups excluding carboxylic acids is 1. The van der Waals surface area contributed by atoms with Crippen LogP contribution in [0.3, 0.4) is 0 Å². The highest BCUT2D eigenvalue weighted by Crippen LogP contribution is 2.30. The number of benzene rings is 3. The second-order valence-electron chi connectivity index (χ2n) is 6.71. The molecule has 3 aromatic rings. The van der Waals surface area contributed by atoms with Gasteiger partial charge in [-0.3, -0.25) is 4.79 Å². The maximum Gasteiger partial charge on any atom is 0.335 e. The Bertz CT molecular complexity index is 1130. The lowest BCUT2D eigenvalue weighted by atomic mass is 10.1. The van der Waals surface area contributed by atoms with E-state index in [1.807, 2.05) is 0 Å². The SMILES string of the molecule is COc1cccc(/C=N\NC(=O)COc2ccc(Cl)cc2)c1OCc1ccc(C(=O)O)cc1. The third-order valence-electron chi connectivity index (χ3n) is 4.39. The summed E-state index contributed by atoms with van der Waals surface area (Å²) in [5.74, 6) is -0.00831. The minimum Gasteiger partial charge on any atom is -0.493 e. The van der Waals surface area contributed by atoms with E-state index in [0.29, 0.717) is 27.8 Å². The molecule has 0 heterocycles. The van der Waals surface area contributed by atoms with Crippen LogP contribution in [0.4, 0.5) is 0 Å². The summed E-state index contributed by atoms with van der Waals surface area (Å²) in [5, 5.41) is 13.5. The summed E-state index contributed by atoms with van der Waals surface area (Å²) in [4.78, 5) is 23.0. The molecule has 0 saturated carbocycles. The molecule has 0 aliphatic heterocycles. The van der Waals surface area contributed by atoms with Crippen molar-refractivity contribution in [2.24, 2.45) is 5.10 Å². The Balaban J connectivity index is 1.61. The zero-order valence-corrected chi connectivity index (χ0v) is 18.4. The molecule has 0 aliphatic carbocycles. The molecule has 33 heavy (non-hydrogen) atoms. The Morgan fingerprint density at radius 1 is 1.03 bits per heavy atom. The summed E-state index contributed by atoms with van der Waals surface area (Å²) in [6.45, 7) is -0.0326. The minimum atomic E-state index is -0.994. The molecule has 0 unspecified atom stereocenters. The van der Waals surface area contributed by atoms with Crippen molar-refractivity contribution in [1.29, 1.82) is 0 Å². The molecule has 3 rings (SSSR count). The molecule has 9 heteroatoms. The fourth-order valence-electron chi connectivity index (χ4n) is 2.73. The molecule has 0 saturated heterocycles. The zero-order chi connectivity index (χ0) is 23.6. The first-order valence-electron chi connectivity index (χ1n) is 9.78. The Morgan fingerprint density at radius 3 is 2.42 bits per heavy atom. The molecule has 0 fully saturated rings. The predicted octanol–water partition coefficient (Wildman–Crippen LogP) is 4.15. The van der Waals surface area contributed by atoms with Crippen LogP contribution in [0, 0.1) is 0 Å². The van der Waals surface area contributed by atoms with E-state index in [9.17, 15) is 9.59 Å². The van der Waals surface area contributed by atoms with Crippen LogP contribution in [0.15, 0.2) is 71.8 Å². The first kappa shape index (κ1) is 23.6. The summed E-state index contributed by atoms with van der Waals surface area (Å²) >= 11 is 5.82. The van der Waals surface area contributed by atoms with Gasteiger partial charge in [-0.05, 0) is 54.1 Å². The summed E-state index contributed by atoms with van der Waals surface area (Å²) in [5.41, 5.74) is 3.95. The van der Waals surface area contributed by atoms with Gasteiger partial charge in [-0.2, -0.15) is 5.10 Å². The molecule has 0 bridgehead atoms. The van der Waals surface area contributed by atoms with E-state index in [1.54, 1.807) is 54.6 Å². The third-order valence-corrected chi connectivity index (χ3v) is 4.64. The molecule has 8 nitrogen and oxygen atoms in total. The minimum absolute atomic E-state index is 0.183. The van der Waals surface area contributed by atoms with E-state index in [2.05, 4.69) is 10.5 Å². The van der Waals surface area contributed by atoms with E-state index < -0.39 is 11.9 Å². The van der Waals surface area contributed by atoms with Crippen molar-refractivity contribution in [1.82, 2.24) is 5.43 Å². The van der Waals surface area contributed by atoms with Crippen molar-refractivity contribution in [3.05, 3.63) is 88.4 Å². The molecule has 0 spiro atoms. The van der Waals surface area contributed by atoms with Crippen molar-refractivity contribution >= 4 is 29.7 Å². The number of carboxylic acids is 1. The fraction of sp³-hybridized carbons (Fsp3) is 0.125. The van der Waals surface area contributed by atoms with Gasteiger partial charge in [-0.1, -0.05) is 29.8 Å². The first-order chi connectivity index (χ1) is 16.0. The highest BCUT2D eigenvalue weighted by atomic mass is 35.5. The standard InChI is InChI=1S/C24H21ClN2O6/c1-31-21-4-2-3-18(23(21)33-14-16-5-7-17(8-6-16)24(29)30)13-26-27-22(28)15-32-20-11-9-19(25)10-12-20/h2-13H,14-15H2,1H3,(H,27,28)(H,29,30)/b26-13-.